The van der Waals surface area contributed by atoms with Crippen LogP contribution in [0.15, 0.2) is 53.8 Å². The molecule has 18 heavy (non-hydrogen) atoms. The monoisotopic (exact) mass is 243 g/mol. The van der Waals surface area contributed by atoms with Gasteiger partial charge in [-0.1, -0.05) is 18.2 Å². The van der Waals surface area contributed by atoms with E-state index in [4.69, 9.17) is 4.74 Å². The number of hydrogen-bond donors (Lipinski definition) is 1. The van der Waals surface area contributed by atoms with E-state index in [9.17, 15) is 4.79 Å². The Hall–Kier alpha value is -2.56. The Morgan fingerprint density at radius 1 is 1.28 bits per heavy atom. The number of aryl methyl sites for hydroxylation is 1. The van der Waals surface area contributed by atoms with Gasteiger partial charge in [-0.05, 0) is 24.3 Å². The van der Waals surface area contributed by atoms with Crippen molar-refractivity contribution in [2.45, 2.75) is 0 Å². The molecule has 0 bridgehead atoms. The van der Waals surface area contributed by atoms with Crippen LogP contribution < -0.4 is 10.2 Å². The van der Waals surface area contributed by atoms with E-state index in [0.717, 1.165) is 5.69 Å². The van der Waals surface area contributed by atoms with E-state index in [1.807, 2.05) is 36.0 Å². The molecule has 0 saturated carbocycles. The Morgan fingerprint density at radius 2 is 2.06 bits per heavy atom. The summed E-state index contributed by atoms with van der Waals surface area (Å²) < 4.78 is 6.88. The average molecular weight is 243 g/mol. The number of carbonyl (C=O) groups excluding carboxylic acids is 1. The van der Waals surface area contributed by atoms with Crippen LogP contribution in [0.25, 0.3) is 0 Å². The predicted molar refractivity (Wildman–Crippen MR) is 68.6 cm³/mol. The quantitative estimate of drug-likeness (QED) is 0.663. The second kappa shape index (κ2) is 5.67. The van der Waals surface area contributed by atoms with E-state index in [0.29, 0.717) is 5.75 Å². The summed E-state index contributed by atoms with van der Waals surface area (Å²) in [5, 5.41) is 3.80. The van der Waals surface area contributed by atoms with E-state index in [2.05, 4.69) is 10.5 Å². The normalized spacial score (nSPS) is 10.5. The number of benzene rings is 1. The zero-order valence-corrected chi connectivity index (χ0v) is 9.91. The van der Waals surface area contributed by atoms with Gasteiger partial charge in [-0.3, -0.25) is 0 Å². The molecule has 0 unspecified atom stereocenters. The molecule has 0 saturated heterocycles. The lowest BCUT2D eigenvalue weighted by atomic mass is 10.3. The standard InChI is InChI=1S/C13H13N3O2/c1-16-9-5-6-11(16)10-14-15-13(17)18-12-7-3-2-4-8-12/h2-10H,1H3,(H,15,17)/b14-10+. The molecular formula is C13H13N3O2. The summed E-state index contributed by atoms with van der Waals surface area (Å²) in [6.45, 7) is 0. The molecule has 1 aromatic heterocycles. The van der Waals surface area contributed by atoms with Crippen LogP contribution in [0, 0.1) is 0 Å². The second-order valence-corrected chi connectivity index (χ2v) is 3.62. The number of rotatable bonds is 3. The molecule has 1 amide bonds. The Labute approximate surface area is 105 Å². The summed E-state index contributed by atoms with van der Waals surface area (Å²) in [6, 6.07) is 12.6. The van der Waals surface area contributed by atoms with Crippen molar-refractivity contribution in [3.63, 3.8) is 0 Å². The van der Waals surface area contributed by atoms with Gasteiger partial charge in [0.05, 0.1) is 11.9 Å². The summed E-state index contributed by atoms with van der Waals surface area (Å²) >= 11 is 0. The lowest BCUT2D eigenvalue weighted by Crippen LogP contribution is -2.21. The van der Waals surface area contributed by atoms with E-state index >= 15 is 0 Å². The maximum absolute atomic E-state index is 11.4. The van der Waals surface area contributed by atoms with Gasteiger partial charge in [-0.25, -0.2) is 10.2 Å². The number of carbonyl (C=O) groups is 1. The van der Waals surface area contributed by atoms with Crippen LogP contribution in [-0.4, -0.2) is 16.9 Å². The van der Waals surface area contributed by atoms with Crippen LogP contribution in [-0.2, 0) is 7.05 Å². The van der Waals surface area contributed by atoms with Crippen molar-refractivity contribution >= 4 is 12.3 Å². The Balaban J connectivity index is 1.86. The van der Waals surface area contributed by atoms with Gasteiger partial charge in [0.1, 0.15) is 5.75 Å². The topological polar surface area (TPSA) is 55.6 Å². The highest BCUT2D eigenvalue weighted by molar-refractivity contribution is 5.79. The van der Waals surface area contributed by atoms with Crippen molar-refractivity contribution in [3.05, 3.63) is 54.4 Å². The van der Waals surface area contributed by atoms with Gasteiger partial charge in [0.25, 0.3) is 0 Å². The number of ether oxygens (including phenoxy) is 1. The Morgan fingerprint density at radius 3 is 2.72 bits per heavy atom. The van der Waals surface area contributed by atoms with Crippen molar-refractivity contribution in [2.75, 3.05) is 0 Å². The number of nitrogens with zero attached hydrogens (tertiary/aromatic N) is 2. The SMILES string of the molecule is Cn1cccc1/C=N/NC(=O)Oc1ccccc1. The number of hydrogen-bond acceptors (Lipinski definition) is 3. The number of amides is 1. The van der Waals surface area contributed by atoms with Gasteiger partial charge in [-0.15, -0.1) is 0 Å². The lowest BCUT2D eigenvalue weighted by Gasteiger charge is -2.02. The van der Waals surface area contributed by atoms with Gasteiger partial charge in [0.15, 0.2) is 0 Å². The maximum Gasteiger partial charge on any atom is 0.433 e. The van der Waals surface area contributed by atoms with Gasteiger partial charge in [0.2, 0.25) is 0 Å². The molecule has 1 aromatic carbocycles. The molecule has 5 heteroatoms. The summed E-state index contributed by atoms with van der Waals surface area (Å²) in [4.78, 5) is 11.4. The third-order valence-electron chi connectivity index (χ3n) is 2.29. The van der Waals surface area contributed by atoms with E-state index in [1.165, 1.54) is 0 Å². The van der Waals surface area contributed by atoms with Crippen molar-refractivity contribution in [2.24, 2.45) is 12.1 Å². The van der Waals surface area contributed by atoms with E-state index in [1.54, 1.807) is 30.5 Å². The third-order valence-corrected chi connectivity index (χ3v) is 2.29. The van der Waals surface area contributed by atoms with Crippen molar-refractivity contribution < 1.29 is 9.53 Å². The third kappa shape index (κ3) is 3.21. The molecule has 1 N–H and O–H groups in total. The first-order chi connectivity index (χ1) is 8.75. The molecule has 0 spiro atoms. The number of para-hydroxylation sites is 1. The van der Waals surface area contributed by atoms with E-state index < -0.39 is 6.09 Å². The molecular weight excluding hydrogens is 230 g/mol. The molecule has 0 aliphatic rings. The fraction of sp³-hybridized carbons (Fsp3) is 0.0769. The fourth-order valence-electron chi connectivity index (χ4n) is 1.38. The highest BCUT2D eigenvalue weighted by Gasteiger charge is 2.01. The van der Waals surface area contributed by atoms with Crippen molar-refractivity contribution in [1.82, 2.24) is 9.99 Å². The number of aromatic nitrogens is 1. The smallest absolute Gasteiger partial charge is 0.409 e. The maximum atomic E-state index is 11.4. The molecule has 0 radical (unpaired) electrons. The molecule has 0 atom stereocenters. The molecule has 1 heterocycles. The predicted octanol–water partition coefficient (Wildman–Crippen LogP) is 2.15. The first-order valence-corrected chi connectivity index (χ1v) is 5.43. The van der Waals surface area contributed by atoms with Crippen LogP contribution >= 0.6 is 0 Å². The summed E-state index contributed by atoms with van der Waals surface area (Å²) in [7, 11) is 1.89. The van der Waals surface area contributed by atoms with Gasteiger partial charge < -0.3 is 9.30 Å². The first kappa shape index (κ1) is 11.9. The Bertz CT molecular complexity index is 546. The van der Waals surface area contributed by atoms with Crippen molar-refractivity contribution in [1.29, 1.82) is 0 Å². The van der Waals surface area contributed by atoms with Gasteiger partial charge in [0, 0.05) is 13.2 Å². The first-order valence-electron chi connectivity index (χ1n) is 5.43. The lowest BCUT2D eigenvalue weighted by molar-refractivity contribution is 0.201. The summed E-state index contributed by atoms with van der Waals surface area (Å²) in [5.74, 6) is 0.476. The second-order valence-electron chi connectivity index (χ2n) is 3.62. The van der Waals surface area contributed by atoms with Gasteiger partial charge >= 0.3 is 6.09 Å². The van der Waals surface area contributed by atoms with Crippen LogP contribution in [0.3, 0.4) is 0 Å². The van der Waals surface area contributed by atoms with Crippen molar-refractivity contribution in [3.8, 4) is 5.75 Å². The van der Waals surface area contributed by atoms with Gasteiger partial charge in [-0.2, -0.15) is 5.10 Å². The minimum absolute atomic E-state index is 0.476. The minimum atomic E-state index is -0.619. The minimum Gasteiger partial charge on any atom is -0.409 e. The highest BCUT2D eigenvalue weighted by atomic mass is 16.6. The fourth-order valence-corrected chi connectivity index (χ4v) is 1.38. The van der Waals surface area contributed by atoms with Crippen LogP contribution in [0.2, 0.25) is 0 Å². The molecule has 2 aromatic rings. The largest absolute Gasteiger partial charge is 0.433 e. The average Bonchev–Trinajstić information content (AvgIpc) is 2.76. The molecule has 2 rings (SSSR count). The zero-order chi connectivity index (χ0) is 12.8. The highest BCUT2D eigenvalue weighted by Crippen LogP contribution is 2.07. The zero-order valence-electron chi connectivity index (χ0n) is 9.91. The summed E-state index contributed by atoms with van der Waals surface area (Å²) in [6.07, 6.45) is 2.82. The van der Waals surface area contributed by atoms with E-state index in [-0.39, 0.29) is 0 Å². The molecule has 5 nitrogen and oxygen atoms in total. The Kier molecular flexibility index (Phi) is 3.76. The number of nitrogens with one attached hydrogen (secondary N) is 1. The molecule has 0 aliphatic heterocycles. The molecule has 92 valence electrons. The summed E-state index contributed by atoms with van der Waals surface area (Å²) in [5.41, 5.74) is 3.18. The molecule has 0 fully saturated rings. The number of hydrazone groups is 1. The van der Waals surface area contributed by atoms with Crippen LogP contribution in [0.4, 0.5) is 4.79 Å². The van der Waals surface area contributed by atoms with Crippen LogP contribution in [0.5, 0.6) is 5.75 Å². The van der Waals surface area contributed by atoms with Crippen LogP contribution in [0.1, 0.15) is 5.69 Å². The molecule has 0 aliphatic carbocycles.